The van der Waals surface area contributed by atoms with Gasteiger partial charge in [-0.1, -0.05) is 17.3 Å². The number of nitrogens with one attached hydrogen (secondary N) is 2. The van der Waals surface area contributed by atoms with Gasteiger partial charge in [-0.25, -0.2) is 4.79 Å². The number of urea groups is 1. The Bertz CT molecular complexity index is 1550. The Morgan fingerprint density at radius 3 is 2.59 bits per heavy atom. The Balaban J connectivity index is 1.34. The van der Waals surface area contributed by atoms with Crippen molar-refractivity contribution < 1.29 is 23.9 Å². The summed E-state index contributed by atoms with van der Waals surface area (Å²) < 4.78 is 16.2. The number of likely N-dealkylation sites (tertiary alicyclic amines) is 1. The van der Waals surface area contributed by atoms with Crippen LogP contribution in [0.15, 0.2) is 47.0 Å². The Morgan fingerprint density at radius 1 is 1.15 bits per heavy atom. The fourth-order valence-corrected chi connectivity index (χ4v) is 6.68. The van der Waals surface area contributed by atoms with E-state index in [1.807, 2.05) is 42.2 Å². The molecule has 2 aromatic heterocycles. The number of carbonyl (C=O) groups is 1. The molecule has 1 spiro atoms. The minimum atomic E-state index is -0.202. The maximum Gasteiger partial charge on any atom is 0.321 e. The summed E-state index contributed by atoms with van der Waals surface area (Å²) in [7, 11) is 3.34. The van der Waals surface area contributed by atoms with E-state index in [0.29, 0.717) is 36.8 Å². The largest absolute Gasteiger partial charge is 0.497 e. The molecule has 2 aliphatic rings. The van der Waals surface area contributed by atoms with E-state index >= 15 is 0 Å². The van der Waals surface area contributed by atoms with Gasteiger partial charge in [-0.2, -0.15) is 0 Å². The highest BCUT2D eigenvalue weighted by molar-refractivity contribution is 5.91. The van der Waals surface area contributed by atoms with Gasteiger partial charge in [0, 0.05) is 54.3 Å². The third-order valence-electron chi connectivity index (χ3n) is 8.81. The minimum absolute atomic E-state index is 0.0109. The number of aryl methyl sites for hydroxylation is 2. The number of anilines is 1. The maximum atomic E-state index is 13.3. The van der Waals surface area contributed by atoms with Gasteiger partial charge >= 0.3 is 6.03 Å². The number of nitrogens with zero attached hydrogens (tertiary/aromatic N) is 3. The first-order valence-electron chi connectivity index (χ1n) is 14.0. The molecule has 10 heteroatoms. The number of carbonyl (C=O) groups excluding carboxylic acids is 1. The highest BCUT2D eigenvalue weighted by Gasteiger charge is 2.48. The average Bonchev–Trinajstić information content (AvgIpc) is 3.53. The first kappa shape index (κ1) is 27.2. The van der Waals surface area contributed by atoms with Crippen LogP contribution in [-0.2, 0) is 12.0 Å². The zero-order valence-electron chi connectivity index (χ0n) is 24.0. The number of ether oxygens (including phenoxy) is 2. The van der Waals surface area contributed by atoms with Gasteiger partial charge in [0.1, 0.15) is 22.9 Å². The highest BCUT2D eigenvalue weighted by Crippen LogP contribution is 2.49. The van der Waals surface area contributed by atoms with Crippen molar-refractivity contribution in [3.05, 3.63) is 70.7 Å². The monoisotopic (exact) mass is 559 g/mol. The molecule has 41 heavy (non-hydrogen) atoms. The van der Waals surface area contributed by atoms with Gasteiger partial charge in [0.05, 0.1) is 26.9 Å². The van der Waals surface area contributed by atoms with E-state index in [9.17, 15) is 9.90 Å². The normalized spacial score (nSPS) is 18.5. The zero-order valence-corrected chi connectivity index (χ0v) is 24.0. The lowest BCUT2D eigenvalue weighted by atomic mass is 9.68. The number of hydrogen-bond acceptors (Lipinski definition) is 7. The van der Waals surface area contributed by atoms with Crippen molar-refractivity contribution in [3.8, 4) is 11.5 Å². The molecule has 2 amide bonds. The van der Waals surface area contributed by atoms with Gasteiger partial charge in [0.25, 0.3) is 0 Å². The number of benzene rings is 2. The highest BCUT2D eigenvalue weighted by atomic mass is 16.5. The topological polar surface area (TPSA) is 116 Å². The number of aliphatic hydroxyl groups excluding tert-OH is 1. The van der Waals surface area contributed by atoms with Crippen molar-refractivity contribution in [3.63, 3.8) is 0 Å². The lowest BCUT2D eigenvalue weighted by Crippen LogP contribution is -2.54. The molecule has 2 aliphatic heterocycles. The van der Waals surface area contributed by atoms with Gasteiger partial charge < -0.3 is 34.3 Å². The van der Waals surface area contributed by atoms with Crippen molar-refractivity contribution in [2.75, 3.05) is 45.8 Å². The lowest BCUT2D eigenvalue weighted by Gasteiger charge is -2.50. The molecule has 3 N–H and O–H groups in total. The van der Waals surface area contributed by atoms with Gasteiger partial charge in [-0.15, -0.1) is 0 Å². The molecule has 216 valence electrons. The number of hydrogen-bond donors (Lipinski definition) is 3. The maximum absolute atomic E-state index is 13.3. The number of aromatic nitrogens is 2. The number of rotatable bonds is 6. The first-order valence-corrected chi connectivity index (χ1v) is 14.0. The quantitative estimate of drug-likeness (QED) is 0.308. The predicted molar refractivity (Wildman–Crippen MR) is 156 cm³/mol. The predicted octanol–water partition coefficient (Wildman–Crippen LogP) is 4.90. The summed E-state index contributed by atoms with van der Waals surface area (Å²) in [5, 5.41) is 18.8. The molecule has 0 aliphatic carbocycles. The molecule has 2 aromatic carbocycles. The van der Waals surface area contributed by atoms with E-state index in [-0.39, 0.29) is 24.1 Å². The molecule has 0 bridgehead atoms. The molecule has 4 heterocycles. The summed E-state index contributed by atoms with van der Waals surface area (Å²) in [6, 6.07) is 13.9. The van der Waals surface area contributed by atoms with Crippen LogP contribution in [0.4, 0.5) is 10.5 Å². The number of aliphatic hydroxyl groups is 1. The summed E-state index contributed by atoms with van der Waals surface area (Å²) in [6.07, 6.45) is 1.58. The van der Waals surface area contributed by atoms with Crippen LogP contribution < -0.4 is 14.8 Å². The van der Waals surface area contributed by atoms with E-state index in [2.05, 4.69) is 32.5 Å². The zero-order chi connectivity index (χ0) is 28.7. The number of H-pyrrole nitrogens is 1. The second-order valence-electron chi connectivity index (χ2n) is 11.2. The molecule has 10 nitrogen and oxygen atoms in total. The van der Waals surface area contributed by atoms with E-state index in [0.717, 1.165) is 53.0 Å². The molecule has 0 radical (unpaired) electrons. The number of piperidine rings is 1. The third-order valence-corrected chi connectivity index (χ3v) is 8.81. The summed E-state index contributed by atoms with van der Waals surface area (Å²) >= 11 is 0. The van der Waals surface area contributed by atoms with Crippen LogP contribution >= 0.6 is 0 Å². The van der Waals surface area contributed by atoms with Crippen molar-refractivity contribution >= 4 is 22.6 Å². The van der Waals surface area contributed by atoms with Gasteiger partial charge in [0.15, 0.2) is 5.76 Å². The van der Waals surface area contributed by atoms with E-state index < -0.39 is 0 Å². The summed E-state index contributed by atoms with van der Waals surface area (Å²) in [4.78, 5) is 21.2. The Kier molecular flexibility index (Phi) is 7.13. The Morgan fingerprint density at radius 2 is 1.90 bits per heavy atom. The van der Waals surface area contributed by atoms with Gasteiger partial charge in [0.2, 0.25) is 0 Å². The second-order valence-corrected chi connectivity index (χ2v) is 11.2. The number of aromatic amines is 1. The average molecular weight is 560 g/mol. The number of amides is 2. The first-order chi connectivity index (χ1) is 19.9. The summed E-state index contributed by atoms with van der Waals surface area (Å²) in [5.41, 5.74) is 5.51. The van der Waals surface area contributed by atoms with Crippen molar-refractivity contribution in [2.45, 2.75) is 44.7 Å². The van der Waals surface area contributed by atoms with E-state index in [1.165, 1.54) is 5.56 Å². The molecule has 0 unspecified atom stereocenters. The van der Waals surface area contributed by atoms with Crippen molar-refractivity contribution in [2.24, 2.45) is 0 Å². The van der Waals surface area contributed by atoms with Crippen LogP contribution in [0.3, 0.4) is 0 Å². The summed E-state index contributed by atoms with van der Waals surface area (Å²) in [5.74, 6) is 2.19. The Hall–Kier alpha value is -4.02. The minimum Gasteiger partial charge on any atom is -0.497 e. The SMILES string of the molecule is COc1cccc(CN2CC3(CCN(C(=O)Nc4c(C)noc4C)CC3)c3c([nH]c4cc(OC)ccc34)[C@@H]2CO)c1. The fourth-order valence-electron chi connectivity index (χ4n) is 6.68. The number of fused-ring (bicyclic) bond motifs is 4. The smallest absolute Gasteiger partial charge is 0.321 e. The molecular weight excluding hydrogens is 522 g/mol. The molecule has 1 fully saturated rings. The molecule has 1 saturated heterocycles. The standard InChI is InChI=1S/C31H37N5O5/c1-19-28(20(2)41-34-19)33-30(38)35-12-10-31(11-13-35)18-36(16-21-6-5-7-22(14-21)39-3)26(17-37)29-27(31)24-9-8-23(40-4)15-25(24)32-29/h5-9,14-15,26,32,37H,10-13,16-18H2,1-4H3,(H,33,38)/t26-/m0/s1. The molecular formula is C31H37N5O5. The number of methoxy groups -OCH3 is 2. The van der Waals surface area contributed by atoms with Crippen LogP contribution in [0.2, 0.25) is 0 Å². The summed E-state index contributed by atoms with van der Waals surface area (Å²) in [6.45, 7) is 6.25. The molecule has 1 atom stereocenters. The third kappa shape index (κ3) is 4.81. The van der Waals surface area contributed by atoms with Crippen LogP contribution in [0.5, 0.6) is 11.5 Å². The van der Waals surface area contributed by atoms with Gasteiger partial charge in [-0.3, -0.25) is 4.90 Å². The molecule has 0 saturated carbocycles. The van der Waals surface area contributed by atoms with Crippen LogP contribution in [0, 0.1) is 13.8 Å². The lowest BCUT2D eigenvalue weighted by molar-refractivity contribution is 0.0495. The van der Waals surface area contributed by atoms with Gasteiger partial charge in [-0.05, 0) is 62.1 Å². The molecule has 6 rings (SSSR count). The van der Waals surface area contributed by atoms with Crippen LogP contribution in [-0.4, -0.2) is 71.5 Å². The van der Waals surface area contributed by atoms with E-state index in [1.54, 1.807) is 21.1 Å². The second kappa shape index (κ2) is 10.8. The fraction of sp³-hybridized carbons (Fsp3) is 0.419. The van der Waals surface area contributed by atoms with Crippen molar-refractivity contribution in [1.82, 2.24) is 19.9 Å². The van der Waals surface area contributed by atoms with Crippen LogP contribution in [0.1, 0.15) is 47.2 Å². The van der Waals surface area contributed by atoms with Crippen LogP contribution in [0.25, 0.3) is 10.9 Å². The van der Waals surface area contributed by atoms with Crippen molar-refractivity contribution in [1.29, 1.82) is 0 Å². The Labute approximate surface area is 239 Å². The molecule has 4 aromatic rings. The van der Waals surface area contributed by atoms with E-state index in [4.69, 9.17) is 14.0 Å².